The van der Waals surface area contributed by atoms with Crippen LogP contribution in [0.5, 0.6) is 5.75 Å². The SMILES string of the molecule is CCCCc1nc2ccc(Br)cc2c(=O)n1N=Cc1cc(Cl)c(OCc2ccc(Br)cc2Br)c(Br)c1. The van der Waals surface area contributed by atoms with Crippen molar-refractivity contribution in [2.24, 2.45) is 5.10 Å². The Bertz CT molecular complexity index is 1500. The number of ether oxygens (including phenoxy) is 1. The van der Waals surface area contributed by atoms with Crippen LogP contribution < -0.4 is 10.3 Å². The zero-order valence-electron chi connectivity index (χ0n) is 19.1. The molecule has 0 spiro atoms. The van der Waals surface area contributed by atoms with Crippen molar-refractivity contribution in [3.63, 3.8) is 0 Å². The third kappa shape index (κ3) is 6.48. The van der Waals surface area contributed by atoms with E-state index in [0.717, 1.165) is 31.8 Å². The second-order valence-electron chi connectivity index (χ2n) is 7.99. The van der Waals surface area contributed by atoms with E-state index in [1.807, 2.05) is 36.4 Å². The highest BCUT2D eigenvalue weighted by atomic mass is 79.9. The number of nitrogens with zero attached hydrogens (tertiary/aromatic N) is 3. The molecule has 0 atom stereocenters. The fourth-order valence-corrected chi connectivity index (χ4v) is 6.03. The third-order valence-corrected chi connectivity index (χ3v) is 7.95. The maximum Gasteiger partial charge on any atom is 0.282 e. The first kappa shape index (κ1) is 27.5. The van der Waals surface area contributed by atoms with Crippen LogP contribution in [0.1, 0.15) is 36.7 Å². The van der Waals surface area contributed by atoms with Gasteiger partial charge in [-0.3, -0.25) is 4.79 Å². The van der Waals surface area contributed by atoms with Gasteiger partial charge in [0.1, 0.15) is 12.4 Å². The van der Waals surface area contributed by atoms with Crippen molar-refractivity contribution in [2.75, 3.05) is 0 Å². The van der Waals surface area contributed by atoms with E-state index in [0.29, 0.717) is 50.6 Å². The summed E-state index contributed by atoms with van der Waals surface area (Å²) in [5.41, 5.74) is 2.15. The summed E-state index contributed by atoms with van der Waals surface area (Å²) in [4.78, 5) is 18.0. The number of halogens is 5. The zero-order valence-corrected chi connectivity index (χ0v) is 26.2. The molecular weight excluding hydrogens is 741 g/mol. The van der Waals surface area contributed by atoms with E-state index in [-0.39, 0.29) is 5.56 Å². The Labute approximate surface area is 247 Å². The minimum Gasteiger partial charge on any atom is -0.486 e. The van der Waals surface area contributed by atoms with E-state index < -0.39 is 0 Å². The van der Waals surface area contributed by atoms with E-state index in [1.54, 1.807) is 18.3 Å². The Morgan fingerprint density at radius 3 is 2.50 bits per heavy atom. The predicted octanol–water partition coefficient (Wildman–Crippen LogP) is 8.90. The Kier molecular flexibility index (Phi) is 9.44. The molecule has 0 saturated heterocycles. The van der Waals surface area contributed by atoms with Crippen LogP contribution in [0, 0.1) is 0 Å². The highest BCUT2D eigenvalue weighted by Crippen LogP contribution is 2.35. The lowest BCUT2D eigenvalue weighted by Crippen LogP contribution is -2.22. The van der Waals surface area contributed by atoms with Crippen LogP contribution in [0.2, 0.25) is 5.02 Å². The molecule has 0 amide bonds. The van der Waals surface area contributed by atoms with Crippen molar-refractivity contribution in [3.8, 4) is 5.75 Å². The maximum absolute atomic E-state index is 13.3. The van der Waals surface area contributed by atoms with Crippen LogP contribution in [0.3, 0.4) is 0 Å². The number of hydrogen-bond acceptors (Lipinski definition) is 4. The van der Waals surface area contributed by atoms with E-state index in [9.17, 15) is 4.79 Å². The topological polar surface area (TPSA) is 56.5 Å². The minimum absolute atomic E-state index is 0.214. The average Bonchev–Trinajstić information content (AvgIpc) is 2.83. The minimum atomic E-state index is -0.214. The van der Waals surface area contributed by atoms with Gasteiger partial charge >= 0.3 is 0 Å². The van der Waals surface area contributed by atoms with Gasteiger partial charge in [-0.05, 0) is 70.4 Å². The summed E-state index contributed by atoms with van der Waals surface area (Å²) in [5.74, 6) is 1.15. The lowest BCUT2D eigenvalue weighted by Gasteiger charge is -2.12. The molecule has 3 aromatic carbocycles. The molecule has 186 valence electrons. The molecule has 4 aromatic rings. The number of rotatable bonds is 8. The van der Waals surface area contributed by atoms with Crippen molar-refractivity contribution in [1.29, 1.82) is 0 Å². The summed E-state index contributed by atoms with van der Waals surface area (Å²) in [6.07, 6.45) is 4.15. The Balaban J connectivity index is 1.64. The van der Waals surface area contributed by atoms with Crippen molar-refractivity contribution >= 4 is 92.4 Å². The van der Waals surface area contributed by atoms with Gasteiger partial charge in [0.25, 0.3) is 5.56 Å². The van der Waals surface area contributed by atoms with Gasteiger partial charge in [0.05, 0.1) is 26.6 Å². The molecule has 10 heteroatoms. The largest absolute Gasteiger partial charge is 0.486 e. The summed E-state index contributed by atoms with van der Waals surface area (Å²) in [5, 5.41) is 5.44. The van der Waals surface area contributed by atoms with Crippen molar-refractivity contribution in [2.45, 2.75) is 32.8 Å². The quantitative estimate of drug-likeness (QED) is 0.169. The summed E-state index contributed by atoms with van der Waals surface area (Å²) in [6, 6.07) is 15.0. The molecule has 0 N–H and O–H groups in total. The molecule has 5 nitrogen and oxygen atoms in total. The van der Waals surface area contributed by atoms with Crippen LogP contribution in [-0.2, 0) is 13.0 Å². The van der Waals surface area contributed by atoms with Crippen molar-refractivity contribution in [3.05, 3.63) is 98.7 Å². The van der Waals surface area contributed by atoms with Gasteiger partial charge in [0, 0.05) is 25.4 Å². The van der Waals surface area contributed by atoms with E-state index >= 15 is 0 Å². The first-order valence-corrected chi connectivity index (χ1v) is 14.6. The van der Waals surface area contributed by atoms with Crippen molar-refractivity contribution in [1.82, 2.24) is 9.66 Å². The number of aryl methyl sites for hydroxylation is 1. The second kappa shape index (κ2) is 12.3. The van der Waals surface area contributed by atoms with E-state index in [2.05, 4.69) is 75.7 Å². The number of unbranched alkanes of at least 4 members (excludes halogenated alkanes) is 1. The molecule has 0 radical (unpaired) electrons. The summed E-state index contributed by atoms with van der Waals surface area (Å²) in [7, 11) is 0. The van der Waals surface area contributed by atoms with Crippen LogP contribution in [-0.4, -0.2) is 15.9 Å². The van der Waals surface area contributed by atoms with Crippen molar-refractivity contribution < 1.29 is 4.74 Å². The maximum atomic E-state index is 13.3. The third-order valence-electron chi connectivity index (χ3n) is 5.36. The molecule has 0 aliphatic carbocycles. The molecule has 1 heterocycles. The Hall–Kier alpha value is -1.52. The molecule has 0 fully saturated rings. The molecule has 0 aliphatic rings. The molecule has 0 bridgehead atoms. The fourth-order valence-electron chi connectivity index (χ4n) is 3.52. The van der Waals surface area contributed by atoms with Crippen LogP contribution in [0.25, 0.3) is 10.9 Å². The van der Waals surface area contributed by atoms with E-state index in [4.69, 9.17) is 21.3 Å². The molecule has 0 saturated carbocycles. The molecule has 36 heavy (non-hydrogen) atoms. The number of hydrogen-bond donors (Lipinski definition) is 0. The van der Waals surface area contributed by atoms with E-state index in [1.165, 1.54) is 4.68 Å². The highest BCUT2D eigenvalue weighted by Gasteiger charge is 2.13. The number of aromatic nitrogens is 2. The zero-order chi connectivity index (χ0) is 25.8. The summed E-state index contributed by atoms with van der Waals surface area (Å²) < 4.78 is 10.8. The van der Waals surface area contributed by atoms with Gasteiger partial charge < -0.3 is 4.74 Å². The van der Waals surface area contributed by atoms with Gasteiger partial charge in [-0.1, -0.05) is 78.8 Å². The van der Waals surface area contributed by atoms with Crippen LogP contribution >= 0.6 is 75.3 Å². The smallest absolute Gasteiger partial charge is 0.282 e. The Morgan fingerprint density at radius 1 is 1.03 bits per heavy atom. The molecular formula is C26H20Br4ClN3O2. The van der Waals surface area contributed by atoms with Gasteiger partial charge in [-0.2, -0.15) is 9.78 Å². The number of fused-ring (bicyclic) bond motifs is 1. The summed E-state index contributed by atoms with van der Waals surface area (Å²) in [6.45, 7) is 2.44. The summed E-state index contributed by atoms with van der Waals surface area (Å²) >= 11 is 20.5. The molecule has 0 unspecified atom stereocenters. The predicted molar refractivity (Wildman–Crippen MR) is 161 cm³/mol. The first-order valence-electron chi connectivity index (χ1n) is 11.1. The Morgan fingerprint density at radius 2 is 1.78 bits per heavy atom. The molecule has 1 aromatic heterocycles. The first-order chi connectivity index (χ1) is 17.3. The molecule has 4 rings (SSSR count). The second-order valence-corrected chi connectivity index (χ2v) is 11.9. The lowest BCUT2D eigenvalue weighted by atomic mass is 10.2. The van der Waals surface area contributed by atoms with Gasteiger partial charge in [-0.25, -0.2) is 4.98 Å². The normalized spacial score (nSPS) is 11.5. The van der Waals surface area contributed by atoms with Crippen LogP contribution in [0.15, 0.2) is 76.3 Å². The fraction of sp³-hybridized carbons (Fsp3) is 0.192. The highest BCUT2D eigenvalue weighted by molar-refractivity contribution is 9.11. The van der Waals surface area contributed by atoms with Crippen LogP contribution in [0.4, 0.5) is 0 Å². The standard InChI is InChI=1S/C26H20Br4ClN3O2/c1-2-3-4-24-33-23-8-7-17(27)11-19(23)26(35)34(24)32-13-15-9-21(30)25(22(31)10-15)36-14-16-5-6-18(28)12-20(16)29/h5-13H,2-4,14H2,1H3. The van der Waals surface area contributed by atoms with Gasteiger partial charge in [-0.15, -0.1) is 0 Å². The monoisotopic (exact) mass is 757 g/mol. The van der Waals surface area contributed by atoms with Gasteiger partial charge in [0.2, 0.25) is 0 Å². The average molecular weight is 762 g/mol. The van der Waals surface area contributed by atoms with Gasteiger partial charge in [0.15, 0.2) is 5.75 Å². The molecule has 0 aliphatic heterocycles. The number of benzene rings is 3. The lowest BCUT2D eigenvalue weighted by molar-refractivity contribution is 0.303.